The molecule has 0 spiro atoms. The zero-order valence-electron chi connectivity index (χ0n) is 12.0. The molecule has 0 saturated heterocycles. The third-order valence-electron chi connectivity index (χ3n) is 3.03. The molecular formula is C16H17ClN2O2. The van der Waals surface area contributed by atoms with E-state index in [0.29, 0.717) is 17.3 Å². The molecule has 0 radical (unpaired) electrons. The van der Waals surface area contributed by atoms with Gasteiger partial charge in [-0.15, -0.1) is 0 Å². The van der Waals surface area contributed by atoms with Crippen molar-refractivity contribution in [2.75, 3.05) is 0 Å². The fraction of sp³-hybridized carbons (Fsp3) is 0.250. The number of aryl methyl sites for hydroxylation is 1. The summed E-state index contributed by atoms with van der Waals surface area (Å²) in [6, 6.07) is 9.03. The van der Waals surface area contributed by atoms with Gasteiger partial charge in [0, 0.05) is 24.0 Å². The van der Waals surface area contributed by atoms with Crippen LogP contribution in [0, 0.1) is 6.92 Å². The van der Waals surface area contributed by atoms with Gasteiger partial charge in [0.2, 0.25) is 0 Å². The lowest BCUT2D eigenvalue weighted by atomic mass is 10.2. The van der Waals surface area contributed by atoms with Crippen LogP contribution in [0.5, 0.6) is 5.75 Å². The minimum Gasteiger partial charge on any atom is -0.481 e. The maximum atomic E-state index is 12.0. The fourth-order valence-corrected chi connectivity index (χ4v) is 2.05. The van der Waals surface area contributed by atoms with Crippen LogP contribution in [0.4, 0.5) is 0 Å². The molecule has 5 heteroatoms. The van der Waals surface area contributed by atoms with Crippen molar-refractivity contribution < 1.29 is 9.53 Å². The van der Waals surface area contributed by atoms with E-state index >= 15 is 0 Å². The molecule has 2 aromatic rings. The number of rotatable bonds is 5. The number of carbonyl (C=O) groups is 1. The minimum absolute atomic E-state index is 0.166. The summed E-state index contributed by atoms with van der Waals surface area (Å²) in [5, 5.41) is 3.48. The van der Waals surface area contributed by atoms with Crippen LogP contribution in [0.15, 0.2) is 42.7 Å². The first-order valence-corrected chi connectivity index (χ1v) is 7.03. The smallest absolute Gasteiger partial charge is 0.261 e. The molecule has 1 aromatic carbocycles. The summed E-state index contributed by atoms with van der Waals surface area (Å²) >= 11 is 5.89. The Morgan fingerprint density at radius 3 is 2.71 bits per heavy atom. The minimum atomic E-state index is -0.577. The second kappa shape index (κ2) is 7.09. The fourth-order valence-electron chi connectivity index (χ4n) is 1.82. The molecule has 0 saturated carbocycles. The van der Waals surface area contributed by atoms with Gasteiger partial charge < -0.3 is 10.1 Å². The lowest BCUT2D eigenvalue weighted by molar-refractivity contribution is -0.127. The number of aromatic nitrogens is 1. The Balaban J connectivity index is 1.90. The van der Waals surface area contributed by atoms with Crippen molar-refractivity contribution in [3.63, 3.8) is 0 Å². The summed E-state index contributed by atoms with van der Waals surface area (Å²) in [5.41, 5.74) is 1.89. The number of benzene rings is 1. The topological polar surface area (TPSA) is 51.2 Å². The number of hydrogen-bond acceptors (Lipinski definition) is 3. The number of carbonyl (C=O) groups excluding carboxylic acids is 1. The Morgan fingerprint density at radius 2 is 2.05 bits per heavy atom. The molecule has 110 valence electrons. The predicted octanol–water partition coefficient (Wildman–Crippen LogP) is 3.13. The van der Waals surface area contributed by atoms with Gasteiger partial charge in [0.25, 0.3) is 5.91 Å². The second-order valence-electron chi connectivity index (χ2n) is 4.74. The quantitative estimate of drug-likeness (QED) is 0.923. The first kappa shape index (κ1) is 15.3. The van der Waals surface area contributed by atoms with Gasteiger partial charge >= 0.3 is 0 Å². The van der Waals surface area contributed by atoms with E-state index in [1.165, 1.54) is 0 Å². The van der Waals surface area contributed by atoms with Crippen molar-refractivity contribution in [3.05, 3.63) is 58.9 Å². The standard InChI is InChI=1S/C16H17ClN2O2/c1-11-9-14(17)3-4-15(11)21-12(2)16(20)19-10-13-5-7-18-8-6-13/h3-9,12H,10H2,1-2H3,(H,19,20). The molecule has 0 fully saturated rings. The summed E-state index contributed by atoms with van der Waals surface area (Å²) in [4.78, 5) is 16.0. The zero-order chi connectivity index (χ0) is 15.2. The normalized spacial score (nSPS) is 11.8. The number of halogens is 1. The van der Waals surface area contributed by atoms with Gasteiger partial charge in [0.15, 0.2) is 6.10 Å². The molecule has 1 heterocycles. The molecule has 1 N–H and O–H groups in total. The number of nitrogens with zero attached hydrogens (tertiary/aromatic N) is 1. The molecular weight excluding hydrogens is 288 g/mol. The van der Waals surface area contributed by atoms with Crippen LogP contribution in [-0.2, 0) is 11.3 Å². The van der Waals surface area contributed by atoms with E-state index < -0.39 is 6.10 Å². The number of pyridine rings is 1. The van der Waals surface area contributed by atoms with Crippen molar-refractivity contribution in [3.8, 4) is 5.75 Å². The van der Waals surface area contributed by atoms with Gasteiger partial charge in [-0.3, -0.25) is 9.78 Å². The number of amides is 1. The Hall–Kier alpha value is -2.07. The number of ether oxygens (including phenoxy) is 1. The van der Waals surface area contributed by atoms with E-state index in [0.717, 1.165) is 11.1 Å². The summed E-state index contributed by atoms with van der Waals surface area (Å²) in [7, 11) is 0. The summed E-state index contributed by atoms with van der Waals surface area (Å²) < 4.78 is 5.67. The summed E-state index contributed by atoms with van der Waals surface area (Å²) in [6.07, 6.45) is 2.81. The maximum absolute atomic E-state index is 12.0. The highest BCUT2D eigenvalue weighted by Crippen LogP contribution is 2.22. The van der Waals surface area contributed by atoms with Gasteiger partial charge in [0.05, 0.1) is 0 Å². The van der Waals surface area contributed by atoms with Crippen LogP contribution in [0.2, 0.25) is 5.02 Å². The highest BCUT2D eigenvalue weighted by molar-refractivity contribution is 6.30. The molecule has 1 unspecified atom stereocenters. The average molecular weight is 305 g/mol. The first-order chi connectivity index (χ1) is 10.1. The summed E-state index contributed by atoms with van der Waals surface area (Å²) in [6.45, 7) is 4.06. The van der Waals surface area contributed by atoms with Gasteiger partial charge in [-0.2, -0.15) is 0 Å². The highest BCUT2D eigenvalue weighted by atomic mass is 35.5. The highest BCUT2D eigenvalue weighted by Gasteiger charge is 2.15. The van der Waals surface area contributed by atoms with E-state index in [1.54, 1.807) is 37.5 Å². The van der Waals surface area contributed by atoms with Gasteiger partial charge in [-0.05, 0) is 55.3 Å². The van der Waals surface area contributed by atoms with Crippen LogP contribution in [0.1, 0.15) is 18.1 Å². The molecule has 0 bridgehead atoms. The molecule has 1 atom stereocenters. The first-order valence-electron chi connectivity index (χ1n) is 6.65. The SMILES string of the molecule is Cc1cc(Cl)ccc1OC(C)C(=O)NCc1ccncc1. The largest absolute Gasteiger partial charge is 0.481 e. The second-order valence-corrected chi connectivity index (χ2v) is 5.18. The molecule has 4 nitrogen and oxygen atoms in total. The molecule has 0 aliphatic heterocycles. The van der Waals surface area contributed by atoms with Gasteiger partial charge in [0.1, 0.15) is 5.75 Å². The van der Waals surface area contributed by atoms with E-state index in [4.69, 9.17) is 16.3 Å². The van der Waals surface area contributed by atoms with Crippen LogP contribution in [0.3, 0.4) is 0 Å². The van der Waals surface area contributed by atoms with Gasteiger partial charge in [-0.1, -0.05) is 11.6 Å². The lowest BCUT2D eigenvalue weighted by Gasteiger charge is -2.16. The molecule has 0 aliphatic rings. The van der Waals surface area contributed by atoms with Crippen LogP contribution in [-0.4, -0.2) is 17.0 Å². The monoisotopic (exact) mass is 304 g/mol. The third-order valence-corrected chi connectivity index (χ3v) is 3.26. The Kier molecular flexibility index (Phi) is 5.17. The van der Waals surface area contributed by atoms with Crippen molar-refractivity contribution in [1.29, 1.82) is 0 Å². The Bertz CT molecular complexity index is 617. The number of nitrogens with one attached hydrogen (secondary N) is 1. The zero-order valence-corrected chi connectivity index (χ0v) is 12.7. The van der Waals surface area contributed by atoms with Crippen molar-refractivity contribution >= 4 is 17.5 Å². The van der Waals surface area contributed by atoms with Crippen molar-refractivity contribution in [2.24, 2.45) is 0 Å². The van der Waals surface area contributed by atoms with Crippen molar-refractivity contribution in [1.82, 2.24) is 10.3 Å². The third kappa shape index (κ3) is 4.46. The molecule has 1 aromatic heterocycles. The Labute approximate surface area is 129 Å². The molecule has 0 aliphatic carbocycles. The lowest BCUT2D eigenvalue weighted by Crippen LogP contribution is -2.36. The summed E-state index contributed by atoms with van der Waals surface area (Å²) in [5.74, 6) is 0.493. The Morgan fingerprint density at radius 1 is 1.33 bits per heavy atom. The predicted molar refractivity (Wildman–Crippen MR) is 82.4 cm³/mol. The molecule has 21 heavy (non-hydrogen) atoms. The van der Waals surface area contributed by atoms with Crippen LogP contribution in [0.25, 0.3) is 0 Å². The van der Waals surface area contributed by atoms with E-state index in [2.05, 4.69) is 10.3 Å². The van der Waals surface area contributed by atoms with Crippen LogP contribution < -0.4 is 10.1 Å². The van der Waals surface area contributed by atoms with E-state index in [-0.39, 0.29) is 5.91 Å². The van der Waals surface area contributed by atoms with E-state index in [9.17, 15) is 4.79 Å². The van der Waals surface area contributed by atoms with E-state index in [1.807, 2.05) is 19.1 Å². The number of hydrogen-bond donors (Lipinski definition) is 1. The molecule has 2 rings (SSSR count). The average Bonchev–Trinajstić information content (AvgIpc) is 2.48. The molecule has 1 amide bonds. The van der Waals surface area contributed by atoms with Crippen molar-refractivity contribution in [2.45, 2.75) is 26.5 Å². The van der Waals surface area contributed by atoms with Crippen LogP contribution >= 0.6 is 11.6 Å². The maximum Gasteiger partial charge on any atom is 0.261 e. The van der Waals surface area contributed by atoms with Gasteiger partial charge in [-0.25, -0.2) is 0 Å².